The van der Waals surface area contributed by atoms with Crippen LogP contribution in [0.5, 0.6) is 0 Å². The van der Waals surface area contributed by atoms with Crippen molar-refractivity contribution in [2.75, 3.05) is 31.1 Å². The van der Waals surface area contributed by atoms with Gasteiger partial charge in [0.05, 0.1) is 0 Å². The van der Waals surface area contributed by atoms with Crippen molar-refractivity contribution in [2.24, 2.45) is 5.92 Å². The fourth-order valence-electron chi connectivity index (χ4n) is 3.44. The topological polar surface area (TPSA) is 32.3 Å². The van der Waals surface area contributed by atoms with E-state index in [-0.39, 0.29) is 5.92 Å². The van der Waals surface area contributed by atoms with E-state index in [9.17, 15) is 4.79 Å². The van der Waals surface area contributed by atoms with Gasteiger partial charge in [0, 0.05) is 43.3 Å². The van der Waals surface area contributed by atoms with E-state index in [1.807, 2.05) is 0 Å². The van der Waals surface area contributed by atoms with Gasteiger partial charge in [0.15, 0.2) is 5.78 Å². The van der Waals surface area contributed by atoms with Crippen LogP contribution in [-0.4, -0.2) is 32.0 Å². The lowest BCUT2D eigenvalue weighted by molar-refractivity contribution is 0.0923. The first-order valence-corrected chi connectivity index (χ1v) is 7.86. The minimum atomic E-state index is 0.262. The summed E-state index contributed by atoms with van der Waals surface area (Å²) in [6.45, 7) is 6.07. The Bertz CT molecular complexity index is 486. The van der Waals surface area contributed by atoms with Crippen molar-refractivity contribution in [1.29, 1.82) is 0 Å². The van der Waals surface area contributed by atoms with Crippen LogP contribution in [0.15, 0.2) is 18.2 Å². The fourth-order valence-corrected chi connectivity index (χ4v) is 3.44. The number of rotatable bonds is 3. The number of nitrogens with zero attached hydrogens (tertiary/aromatic N) is 1. The number of hydrogen-bond acceptors (Lipinski definition) is 3. The number of carbonyl (C=O) groups is 1. The molecule has 2 fully saturated rings. The summed E-state index contributed by atoms with van der Waals surface area (Å²) in [5.41, 5.74) is 3.29. The number of carbonyl (C=O) groups excluding carboxylic acids is 1. The zero-order valence-electron chi connectivity index (χ0n) is 12.3. The predicted molar refractivity (Wildman–Crippen MR) is 82.6 cm³/mol. The molecule has 1 aromatic rings. The number of hydrogen-bond donors (Lipinski definition) is 1. The van der Waals surface area contributed by atoms with Crippen molar-refractivity contribution in [2.45, 2.75) is 32.6 Å². The summed E-state index contributed by atoms with van der Waals surface area (Å²) in [4.78, 5) is 15.2. The molecule has 2 aliphatic rings. The Morgan fingerprint density at radius 1 is 1.20 bits per heavy atom. The highest BCUT2D eigenvalue weighted by Crippen LogP contribution is 2.32. The van der Waals surface area contributed by atoms with Crippen molar-refractivity contribution < 1.29 is 4.79 Å². The summed E-state index contributed by atoms with van der Waals surface area (Å²) < 4.78 is 0. The van der Waals surface area contributed by atoms with Crippen LogP contribution in [-0.2, 0) is 0 Å². The molecule has 1 heterocycles. The molecule has 108 valence electrons. The molecule has 0 radical (unpaired) electrons. The van der Waals surface area contributed by atoms with E-state index < -0.39 is 0 Å². The average Bonchev–Trinajstić information content (AvgIpc) is 3.01. The number of ketones is 1. The largest absolute Gasteiger partial charge is 0.368 e. The van der Waals surface area contributed by atoms with E-state index in [1.54, 1.807) is 0 Å². The van der Waals surface area contributed by atoms with Crippen LogP contribution in [0.2, 0.25) is 0 Å². The first-order valence-electron chi connectivity index (χ1n) is 7.86. The molecule has 1 aliphatic carbocycles. The van der Waals surface area contributed by atoms with Crippen LogP contribution in [0, 0.1) is 12.8 Å². The second kappa shape index (κ2) is 5.96. The summed E-state index contributed by atoms with van der Waals surface area (Å²) in [6.07, 6.45) is 4.58. The molecule has 3 rings (SSSR count). The van der Waals surface area contributed by atoms with Gasteiger partial charge in [-0.15, -0.1) is 0 Å². The highest BCUT2D eigenvalue weighted by molar-refractivity contribution is 6.03. The maximum Gasteiger partial charge on any atom is 0.168 e. The molecule has 1 aromatic carbocycles. The van der Waals surface area contributed by atoms with Gasteiger partial charge < -0.3 is 10.2 Å². The monoisotopic (exact) mass is 272 g/mol. The summed E-state index contributed by atoms with van der Waals surface area (Å²) in [6, 6.07) is 6.36. The number of piperazine rings is 1. The highest BCUT2D eigenvalue weighted by atomic mass is 16.1. The first kappa shape index (κ1) is 13.6. The third kappa shape index (κ3) is 2.73. The van der Waals surface area contributed by atoms with E-state index in [4.69, 9.17) is 0 Å². The molecule has 1 saturated heterocycles. The number of anilines is 1. The number of Topliss-reactive ketones (excluding diaryl/α,β-unsaturated/α-hetero) is 1. The molecule has 0 spiro atoms. The third-order valence-electron chi connectivity index (χ3n) is 4.60. The van der Waals surface area contributed by atoms with Crippen molar-refractivity contribution in [3.63, 3.8) is 0 Å². The average molecular weight is 272 g/mol. The Hall–Kier alpha value is -1.35. The summed E-state index contributed by atoms with van der Waals surface area (Å²) >= 11 is 0. The maximum atomic E-state index is 12.8. The van der Waals surface area contributed by atoms with Gasteiger partial charge in [-0.05, 0) is 31.9 Å². The van der Waals surface area contributed by atoms with Gasteiger partial charge in [-0.2, -0.15) is 0 Å². The molecule has 0 aromatic heterocycles. The van der Waals surface area contributed by atoms with Gasteiger partial charge in [-0.1, -0.05) is 24.5 Å². The lowest BCUT2D eigenvalue weighted by Crippen LogP contribution is -2.44. The Morgan fingerprint density at radius 3 is 2.60 bits per heavy atom. The standard InChI is InChI=1S/C17H24N2O/c1-13-6-7-16(19-10-8-18-9-11-19)15(12-13)17(20)14-4-2-3-5-14/h6-7,12,14,18H,2-5,8-11H2,1H3. The number of nitrogens with one attached hydrogen (secondary N) is 1. The molecule has 0 unspecified atom stereocenters. The van der Waals surface area contributed by atoms with Gasteiger partial charge in [0.1, 0.15) is 0 Å². The number of benzene rings is 1. The minimum absolute atomic E-state index is 0.262. The van der Waals surface area contributed by atoms with Crippen LogP contribution < -0.4 is 10.2 Å². The van der Waals surface area contributed by atoms with Gasteiger partial charge in [0.25, 0.3) is 0 Å². The minimum Gasteiger partial charge on any atom is -0.368 e. The Kier molecular flexibility index (Phi) is 4.06. The molecule has 20 heavy (non-hydrogen) atoms. The molecule has 3 nitrogen and oxygen atoms in total. The lowest BCUT2D eigenvalue weighted by atomic mass is 9.93. The van der Waals surface area contributed by atoms with Gasteiger partial charge in [-0.25, -0.2) is 0 Å². The van der Waals surface area contributed by atoms with Gasteiger partial charge in [0.2, 0.25) is 0 Å². The Balaban J connectivity index is 1.90. The molecule has 1 aliphatic heterocycles. The first-order chi connectivity index (χ1) is 9.75. The molecule has 0 atom stereocenters. The van der Waals surface area contributed by atoms with Crippen LogP contribution in [0.1, 0.15) is 41.6 Å². The second-order valence-electron chi connectivity index (χ2n) is 6.10. The Morgan fingerprint density at radius 2 is 1.90 bits per heavy atom. The zero-order valence-corrected chi connectivity index (χ0v) is 12.3. The van der Waals surface area contributed by atoms with E-state index in [0.29, 0.717) is 5.78 Å². The Labute approximate surface area is 121 Å². The van der Waals surface area contributed by atoms with Crippen molar-refractivity contribution in [3.05, 3.63) is 29.3 Å². The van der Waals surface area contributed by atoms with E-state index >= 15 is 0 Å². The molecule has 1 saturated carbocycles. The summed E-state index contributed by atoms with van der Waals surface area (Å²) in [5.74, 6) is 0.637. The molecular weight excluding hydrogens is 248 g/mol. The highest BCUT2D eigenvalue weighted by Gasteiger charge is 2.27. The molecule has 3 heteroatoms. The van der Waals surface area contributed by atoms with Gasteiger partial charge >= 0.3 is 0 Å². The van der Waals surface area contributed by atoms with E-state index in [2.05, 4.69) is 35.3 Å². The van der Waals surface area contributed by atoms with E-state index in [0.717, 1.165) is 50.3 Å². The summed E-state index contributed by atoms with van der Waals surface area (Å²) in [5, 5.41) is 3.37. The molecular formula is C17H24N2O. The van der Waals surface area contributed by atoms with Crippen LogP contribution in [0.4, 0.5) is 5.69 Å². The maximum absolute atomic E-state index is 12.8. The fraction of sp³-hybridized carbons (Fsp3) is 0.588. The SMILES string of the molecule is Cc1ccc(N2CCNCC2)c(C(=O)C2CCCC2)c1. The third-order valence-corrected chi connectivity index (χ3v) is 4.60. The number of aryl methyl sites for hydroxylation is 1. The lowest BCUT2D eigenvalue weighted by Gasteiger charge is -2.31. The van der Waals surface area contributed by atoms with Crippen LogP contribution in [0.25, 0.3) is 0 Å². The zero-order chi connectivity index (χ0) is 13.9. The van der Waals surface area contributed by atoms with Crippen molar-refractivity contribution in [3.8, 4) is 0 Å². The smallest absolute Gasteiger partial charge is 0.168 e. The van der Waals surface area contributed by atoms with Gasteiger partial charge in [-0.3, -0.25) is 4.79 Å². The van der Waals surface area contributed by atoms with Crippen LogP contribution in [0.3, 0.4) is 0 Å². The second-order valence-corrected chi connectivity index (χ2v) is 6.10. The molecule has 0 amide bonds. The molecule has 1 N–H and O–H groups in total. The van der Waals surface area contributed by atoms with E-state index in [1.165, 1.54) is 18.4 Å². The quantitative estimate of drug-likeness (QED) is 0.859. The molecule has 0 bridgehead atoms. The predicted octanol–water partition coefficient (Wildman–Crippen LogP) is 2.78. The van der Waals surface area contributed by atoms with Crippen molar-refractivity contribution >= 4 is 11.5 Å². The normalized spacial score (nSPS) is 20.4. The van der Waals surface area contributed by atoms with Crippen LogP contribution >= 0.6 is 0 Å². The van der Waals surface area contributed by atoms with Crippen molar-refractivity contribution in [1.82, 2.24) is 5.32 Å². The summed E-state index contributed by atoms with van der Waals surface area (Å²) in [7, 11) is 0.